The van der Waals surface area contributed by atoms with Gasteiger partial charge in [0.1, 0.15) is 0 Å². The Bertz CT molecular complexity index is 367. The highest BCUT2D eigenvalue weighted by Crippen LogP contribution is 2.19. The molecule has 1 fully saturated rings. The lowest BCUT2D eigenvalue weighted by atomic mass is 9.94. The third kappa shape index (κ3) is 7.62. The van der Waals surface area contributed by atoms with Gasteiger partial charge < -0.3 is 15.2 Å². The first-order valence-corrected chi connectivity index (χ1v) is 7.02. The number of piperidine rings is 1. The van der Waals surface area contributed by atoms with Crippen LogP contribution in [0, 0.1) is 5.92 Å². The average molecular weight is 301 g/mol. The van der Waals surface area contributed by atoms with E-state index in [2.05, 4.69) is 10.6 Å². The topological polar surface area (TPSA) is 108 Å². The van der Waals surface area contributed by atoms with Crippen molar-refractivity contribution >= 4 is 17.9 Å². The van der Waals surface area contributed by atoms with Crippen molar-refractivity contribution < 1.29 is 24.2 Å². The quantitative estimate of drug-likeness (QED) is 0.555. The van der Waals surface area contributed by atoms with Gasteiger partial charge in [-0.1, -0.05) is 0 Å². The summed E-state index contributed by atoms with van der Waals surface area (Å²) in [6.45, 7) is 2.24. The number of amides is 3. The van der Waals surface area contributed by atoms with Gasteiger partial charge in [-0.3, -0.25) is 19.8 Å². The van der Waals surface area contributed by atoms with E-state index in [0.29, 0.717) is 26.2 Å². The molecule has 0 spiro atoms. The van der Waals surface area contributed by atoms with Gasteiger partial charge in [0.25, 0.3) is 0 Å². The number of carboxylic acids is 1. The lowest BCUT2D eigenvalue weighted by Crippen LogP contribution is -2.46. The first-order chi connectivity index (χ1) is 10.0. The van der Waals surface area contributed by atoms with Crippen LogP contribution in [0.4, 0.5) is 4.79 Å². The second-order valence-corrected chi connectivity index (χ2v) is 5.11. The lowest BCUT2D eigenvalue weighted by molar-refractivity contribution is -0.138. The summed E-state index contributed by atoms with van der Waals surface area (Å²) in [6.07, 6.45) is 1.71. The molecule has 0 aliphatic carbocycles. The maximum absolute atomic E-state index is 11.7. The van der Waals surface area contributed by atoms with Crippen LogP contribution in [0.25, 0.3) is 0 Å². The predicted octanol–water partition coefficient (Wildman–Crippen LogP) is -0.355. The minimum absolute atomic E-state index is 0.150. The first-order valence-electron chi connectivity index (χ1n) is 7.02. The fourth-order valence-corrected chi connectivity index (χ4v) is 2.28. The van der Waals surface area contributed by atoms with Crippen LogP contribution in [-0.4, -0.2) is 67.8 Å². The minimum Gasteiger partial charge on any atom is -0.481 e. The zero-order valence-electron chi connectivity index (χ0n) is 12.3. The van der Waals surface area contributed by atoms with Crippen LogP contribution < -0.4 is 10.6 Å². The lowest BCUT2D eigenvalue weighted by Gasteiger charge is -2.30. The van der Waals surface area contributed by atoms with Crippen LogP contribution >= 0.6 is 0 Å². The largest absolute Gasteiger partial charge is 0.481 e. The summed E-state index contributed by atoms with van der Waals surface area (Å²) in [5, 5.41) is 13.5. The molecule has 0 aromatic carbocycles. The maximum Gasteiger partial charge on any atom is 0.321 e. The van der Waals surface area contributed by atoms with Crippen LogP contribution in [0.1, 0.15) is 19.3 Å². The zero-order valence-corrected chi connectivity index (χ0v) is 12.3. The van der Waals surface area contributed by atoms with Crippen molar-refractivity contribution in [3.05, 3.63) is 0 Å². The highest BCUT2D eigenvalue weighted by molar-refractivity contribution is 5.95. The fraction of sp³-hybridized carbons (Fsp3) is 0.769. The van der Waals surface area contributed by atoms with Gasteiger partial charge in [0.05, 0.1) is 13.2 Å². The van der Waals surface area contributed by atoms with Crippen molar-refractivity contribution in [3.8, 4) is 0 Å². The number of likely N-dealkylation sites (tertiary alicyclic amines) is 1. The highest BCUT2D eigenvalue weighted by Gasteiger charge is 2.22. The summed E-state index contributed by atoms with van der Waals surface area (Å²) in [5.41, 5.74) is 0. The number of nitrogens with zero attached hydrogens (tertiary/aromatic N) is 1. The molecular formula is C13H23N3O5. The smallest absolute Gasteiger partial charge is 0.321 e. The summed E-state index contributed by atoms with van der Waals surface area (Å²) < 4.78 is 4.78. The molecule has 1 rings (SSSR count). The van der Waals surface area contributed by atoms with Crippen molar-refractivity contribution in [2.75, 3.05) is 39.9 Å². The van der Waals surface area contributed by atoms with Crippen molar-refractivity contribution in [1.82, 2.24) is 15.5 Å². The molecule has 0 radical (unpaired) electrons. The van der Waals surface area contributed by atoms with E-state index in [-0.39, 0.29) is 24.8 Å². The fourth-order valence-electron chi connectivity index (χ4n) is 2.28. The van der Waals surface area contributed by atoms with Gasteiger partial charge in [-0.25, -0.2) is 4.79 Å². The highest BCUT2D eigenvalue weighted by atomic mass is 16.5. The van der Waals surface area contributed by atoms with E-state index in [4.69, 9.17) is 9.84 Å². The molecule has 0 aromatic heterocycles. The molecule has 3 amide bonds. The Hall–Kier alpha value is -1.67. The summed E-state index contributed by atoms with van der Waals surface area (Å²) >= 11 is 0. The SMILES string of the molecule is COCCNC(=O)NC(=O)CN1CCC(CC(=O)O)CC1. The summed E-state index contributed by atoms with van der Waals surface area (Å²) in [4.78, 5) is 35.6. The van der Waals surface area contributed by atoms with Crippen LogP contribution in [0.2, 0.25) is 0 Å². The van der Waals surface area contributed by atoms with Crippen LogP contribution in [0.5, 0.6) is 0 Å². The Labute approximate surface area is 123 Å². The van der Waals surface area contributed by atoms with Crippen molar-refractivity contribution in [1.29, 1.82) is 0 Å². The number of hydrogen-bond acceptors (Lipinski definition) is 5. The molecule has 0 saturated carbocycles. The number of carbonyl (C=O) groups is 3. The Kier molecular flexibility index (Phi) is 7.70. The number of methoxy groups -OCH3 is 1. The van der Waals surface area contributed by atoms with Crippen LogP contribution in [0.3, 0.4) is 0 Å². The Balaban J connectivity index is 2.18. The first kappa shape index (κ1) is 17.4. The van der Waals surface area contributed by atoms with Crippen molar-refractivity contribution in [3.63, 3.8) is 0 Å². The summed E-state index contributed by atoms with van der Waals surface area (Å²) in [5.74, 6) is -0.959. The molecule has 0 atom stereocenters. The Morgan fingerprint density at radius 2 is 1.95 bits per heavy atom. The van der Waals surface area contributed by atoms with Gasteiger partial charge in [-0.15, -0.1) is 0 Å². The maximum atomic E-state index is 11.7. The van der Waals surface area contributed by atoms with Crippen LogP contribution in [-0.2, 0) is 14.3 Å². The molecule has 0 unspecified atom stereocenters. The number of imide groups is 1. The van der Waals surface area contributed by atoms with E-state index in [9.17, 15) is 14.4 Å². The molecule has 8 nitrogen and oxygen atoms in total. The molecule has 0 bridgehead atoms. The standard InChI is InChI=1S/C13H23N3O5/c1-21-7-4-14-13(20)15-11(17)9-16-5-2-10(3-6-16)8-12(18)19/h10H,2-9H2,1H3,(H,18,19)(H2,14,15,17,20). The second kappa shape index (κ2) is 9.30. The van der Waals surface area contributed by atoms with Gasteiger partial charge in [0.15, 0.2) is 0 Å². The number of urea groups is 1. The van der Waals surface area contributed by atoms with Gasteiger partial charge in [0, 0.05) is 20.1 Å². The van der Waals surface area contributed by atoms with E-state index in [1.54, 1.807) is 0 Å². The summed E-state index contributed by atoms with van der Waals surface area (Å²) in [7, 11) is 1.53. The van der Waals surface area contributed by atoms with Crippen LogP contribution in [0.15, 0.2) is 0 Å². The molecule has 1 saturated heterocycles. The molecule has 1 heterocycles. The minimum atomic E-state index is -0.779. The number of rotatable bonds is 7. The molecule has 21 heavy (non-hydrogen) atoms. The molecule has 120 valence electrons. The number of hydrogen-bond donors (Lipinski definition) is 3. The third-order valence-electron chi connectivity index (χ3n) is 3.38. The molecule has 0 aromatic rings. The Morgan fingerprint density at radius 1 is 1.29 bits per heavy atom. The molecule has 1 aliphatic rings. The molecule has 8 heteroatoms. The van der Waals surface area contributed by atoms with E-state index < -0.39 is 12.0 Å². The third-order valence-corrected chi connectivity index (χ3v) is 3.38. The van der Waals surface area contributed by atoms with Gasteiger partial charge in [-0.05, 0) is 31.8 Å². The number of carbonyl (C=O) groups excluding carboxylic acids is 2. The monoisotopic (exact) mass is 301 g/mol. The second-order valence-electron chi connectivity index (χ2n) is 5.11. The Morgan fingerprint density at radius 3 is 2.52 bits per heavy atom. The molecule has 3 N–H and O–H groups in total. The number of ether oxygens (including phenoxy) is 1. The summed E-state index contributed by atoms with van der Waals surface area (Å²) in [6, 6.07) is -0.530. The van der Waals surface area contributed by atoms with E-state index >= 15 is 0 Å². The van der Waals surface area contributed by atoms with E-state index in [1.807, 2.05) is 4.90 Å². The van der Waals surface area contributed by atoms with Crippen molar-refractivity contribution in [2.24, 2.45) is 5.92 Å². The normalized spacial score (nSPS) is 16.4. The number of carboxylic acid groups (broad SMARTS) is 1. The van der Waals surface area contributed by atoms with E-state index in [1.165, 1.54) is 7.11 Å². The molecule has 1 aliphatic heterocycles. The number of aliphatic carboxylic acids is 1. The zero-order chi connectivity index (χ0) is 15.7. The predicted molar refractivity (Wildman–Crippen MR) is 74.8 cm³/mol. The van der Waals surface area contributed by atoms with Gasteiger partial charge in [-0.2, -0.15) is 0 Å². The van der Waals surface area contributed by atoms with E-state index in [0.717, 1.165) is 12.8 Å². The van der Waals surface area contributed by atoms with Gasteiger partial charge in [0.2, 0.25) is 5.91 Å². The number of nitrogens with one attached hydrogen (secondary N) is 2. The van der Waals surface area contributed by atoms with Crippen molar-refractivity contribution in [2.45, 2.75) is 19.3 Å². The molecular weight excluding hydrogens is 278 g/mol. The van der Waals surface area contributed by atoms with Gasteiger partial charge >= 0.3 is 12.0 Å². The average Bonchev–Trinajstić information content (AvgIpc) is 2.40.